The first-order chi connectivity index (χ1) is 14.8. The fourth-order valence-electron chi connectivity index (χ4n) is 3.48. The molecule has 168 valence electrons. The third kappa shape index (κ3) is 6.65. The van der Waals surface area contributed by atoms with E-state index < -0.39 is 22.2 Å². The van der Waals surface area contributed by atoms with Crippen LogP contribution in [0.25, 0.3) is 0 Å². The lowest BCUT2D eigenvalue weighted by molar-refractivity contribution is -0.0871. The number of carbonyl (C=O) groups is 1. The van der Waals surface area contributed by atoms with E-state index in [-0.39, 0.29) is 23.5 Å². The molecule has 3 atom stereocenters. The van der Waals surface area contributed by atoms with Gasteiger partial charge < -0.3 is 15.2 Å². The minimum atomic E-state index is -3.71. The maximum Gasteiger partial charge on any atom is 0.251 e. The first-order valence-corrected chi connectivity index (χ1v) is 12.1. The lowest BCUT2D eigenvalue weighted by Gasteiger charge is -2.36. The molecule has 31 heavy (non-hydrogen) atoms. The monoisotopic (exact) mass is 486 g/mol. The molecule has 10 heteroatoms. The van der Waals surface area contributed by atoms with Gasteiger partial charge in [-0.1, -0.05) is 41.4 Å². The van der Waals surface area contributed by atoms with Crippen molar-refractivity contribution >= 4 is 39.1 Å². The fraction of sp³-hybridized carbons (Fsp3) is 0.381. The fourth-order valence-corrected chi connectivity index (χ4v) is 5.33. The predicted octanol–water partition coefficient (Wildman–Crippen LogP) is 3.00. The van der Waals surface area contributed by atoms with E-state index in [9.17, 15) is 18.3 Å². The van der Waals surface area contributed by atoms with Gasteiger partial charge in [0.1, 0.15) is 0 Å². The van der Waals surface area contributed by atoms with Gasteiger partial charge in [-0.3, -0.25) is 4.79 Å². The van der Waals surface area contributed by atoms with Crippen LogP contribution in [0.4, 0.5) is 0 Å². The Morgan fingerprint density at radius 1 is 1.10 bits per heavy atom. The van der Waals surface area contributed by atoms with Crippen LogP contribution in [-0.2, 0) is 14.8 Å². The summed E-state index contributed by atoms with van der Waals surface area (Å²) in [4.78, 5) is 12.4. The number of halogens is 2. The Bertz CT molecular complexity index is 984. The molecular formula is C21H24Cl2N2O5S. The SMILES string of the molecule is O=C(NCC[C@@H]1CC[C@H](NS(=O)(=O)c2ccccc2)[C@H](CO)O1)c1cc(Cl)cc(Cl)c1. The highest BCUT2D eigenvalue weighted by Crippen LogP contribution is 2.24. The number of ether oxygens (including phenoxy) is 1. The van der Waals surface area contributed by atoms with Crippen molar-refractivity contribution in [2.24, 2.45) is 0 Å². The number of nitrogens with one attached hydrogen (secondary N) is 2. The zero-order chi connectivity index (χ0) is 22.4. The molecule has 1 fully saturated rings. The van der Waals surface area contributed by atoms with Gasteiger partial charge in [0.25, 0.3) is 5.91 Å². The average molecular weight is 487 g/mol. The van der Waals surface area contributed by atoms with Crippen molar-refractivity contribution in [1.82, 2.24) is 10.0 Å². The van der Waals surface area contributed by atoms with Crippen LogP contribution in [0.5, 0.6) is 0 Å². The molecule has 0 saturated carbocycles. The van der Waals surface area contributed by atoms with Gasteiger partial charge in [-0.15, -0.1) is 0 Å². The molecule has 0 bridgehead atoms. The molecule has 3 N–H and O–H groups in total. The van der Waals surface area contributed by atoms with E-state index in [1.165, 1.54) is 24.3 Å². The molecular weight excluding hydrogens is 463 g/mol. The van der Waals surface area contributed by atoms with E-state index >= 15 is 0 Å². The maximum absolute atomic E-state index is 12.6. The molecule has 2 aromatic rings. The zero-order valence-corrected chi connectivity index (χ0v) is 19.0. The Labute approximate surface area is 191 Å². The summed E-state index contributed by atoms with van der Waals surface area (Å²) in [5.74, 6) is -0.299. The number of hydrogen-bond acceptors (Lipinski definition) is 5. The molecule has 3 rings (SSSR count). The van der Waals surface area contributed by atoms with E-state index in [0.29, 0.717) is 41.4 Å². The van der Waals surface area contributed by atoms with Crippen LogP contribution in [0.15, 0.2) is 53.4 Å². The number of aliphatic hydroxyl groups is 1. The average Bonchev–Trinajstić information content (AvgIpc) is 2.74. The highest BCUT2D eigenvalue weighted by atomic mass is 35.5. The van der Waals surface area contributed by atoms with Gasteiger partial charge in [0, 0.05) is 22.2 Å². The van der Waals surface area contributed by atoms with Gasteiger partial charge in [-0.2, -0.15) is 0 Å². The molecule has 1 aliphatic rings. The summed E-state index contributed by atoms with van der Waals surface area (Å²) in [6.45, 7) is 0.0397. The van der Waals surface area contributed by atoms with Gasteiger partial charge in [0.2, 0.25) is 10.0 Å². The third-order valence-corrected chi connectivity index (χ3v) is 6.97. The van der Waals surface area contributed by atoms with Crippen LogP contribution < -0.4 is 10.0 Å². The number of amides is 1. The molecule has 0 aliphatic carbocycles. The molecule has 1 amide bonds. The Morgan fingerprint density at radius 3 is 2.42 bits per heavy atom. The van der Waals surface area contributed by atoms with Crippen LogP contribution in [-0.4, -0.2) is 50.8 Å². The van der Waals surface area contributed by atoms with E-state index in [4.69, 9.17) is 27.9 Å². The molecule has 1 heterocycles. The molecule has 0 aromatic heterocycles. The van der Waals surface area contributed by atoms with E-state index in [1.54, 1.807) is 24.3 Å². The zero-order valence-electron chi connectivity index (χ0n) is 16.6. The van der Waals surface area contributed by atoms with Gasteiger partial charge in [0.05, 0.1) is 29.8 Å². The Balaban J connectivity index is 1.51. The smallest absolute Gasteiger partial charge is 0.251 e. The van der Waals surface area contributed by atoms with E-state index in [0.717, 1.165) is 0 Å². The normalized spacial score (nSPS) is 21.6. The van der Waals surface area contributed by atoms with Crippen molar-refractivity contribution in [3.8, 4) is 0 Å². The lowest BCUT2D eigenvalue weighted by Crippen LogP contribution is -2.51. The summed E-state index contributed by atoms with van der Waals surface area (Å²) in [6, 6.07) is 12.1. The van der Waals surface area contributed by atoms with Crippen molar-refractivity contribution in [3.05, 3.63) is 64.1 Å². The molecule has 0 radical (unpaired) electrons. The second kappa shape index (κ2) is 10.8. The Kier molecular flexibility index (Phi) is 8.32. The van der Waals surface area contributed by atoms with Crippen LogP contribution in [0.2, 0.25) is 10.0 Å². The topological polar surface area (TPSA) is 105 Å². The number of hydrogen-bond donors (Lipinski definition) is 3. The van der Waals surface area contributed by atoms with Crippen LogP contribution in [0.1, 0.15) is 29.6 Å². The minimum absolute atomic E-state index is 0.164. The number of sulfonamides is 1. The predicted molar refractivity (Wildman–Crippen MR) is 119 cm³/mol. The third-order valence-electron chi connectivity index (χ3n) is 5.03. The van der Waals surface area contributed by atoms with Crippen LogP contribution >= 0.6 is 23.2 Å². The standard InChI is InChI=1S/C21H24Cl2N2O5S/c22-15-10-14(11-16(23)12-15)21(27)24-9-8-17-6-7-19(20(13-26)30-17)25-31(28,29)18-4-2-1-3-5-18/h1-5,10-12,17,19-20,25-26H,6-9,13H2,(H,24,27)/t17-,19-,20-/m0/s1. The Hall–Kier alpha value is -1.68. The largest absolute Gasteiger partial charge is 0.394 e. The summed E-state index contributed by atoms with van der Waals surface area (Å²) in [6.07, 6.45) is 0.754. The summed E-state index contributed by atoms with van der Waals surface area (Å²) >= 11 is 11.8. The lowest BCUT2D eigenvalue weighted by atomic mass is 9.98. The number of carbonyl (C=O) groups excluding carboxylic acids is 1. The van der Waals surface area contributed by atoms with Gasteiger partial charge in [-0.25, -0.2) is 13.1 Å². The van der Waals surface area contributed by atoms with E-state index in [1.807, 2.05) is 0 Å². The molecule has 0 spiro atoms. The van der Waals surface area contributed by atoms with Crippen molar-refractivity contribution in [2.45, 2.75) is 42.4 Å². The maximum atomic E-state index is 12.6. The van der Waals surface area contributed by atoms with Crippen LogP contribution in [0, 0.1) is 0 Å². The first kappa shape index (κ1) is 24.0. The molecule has 7 nitrogen and oxygen atoms in total. The van der Waals surface area contributed by atoms with Crippen molar-refractivity contribution < 1.29 is 23.1 Å². The van der Waals surface area contributed by atoms with E-state index in [2.05, 4.69) is 10.0 Å². The number of aliphatic hydroxyl groups excluding tert-OH is 1. The summed E-state index contributed by atoms with van der Waals surface area (Å²) in [7, 11) is -3.71. The summed E-state index contributed by atoms with van der Waals surface area (Å²) in [5, 5.41) is 13.3. The number of benzene rings is 2. The molecule has 2 aromatic carbocycles. The highest BCUT2D eigenvalue weighted by molar-refractivity contribution is 7.89. The Morgan fingerprint density at radius 2 is 1.77 bits per heavy atom. The molecule has 1 aliphatic heterocycles. The van der Waals surface area contributed by atoms with Gasteiger partial charge in [-0.05, 0) is 49.6 Å². The van der Waals surface area contributed by atoms with Gasteiger partial charge in [0.15, 0.2) is 0 Å². The second-order valence-electron chi connectivity index (χ2n) is 7.30. The first-order valence-electron chi connectivity index (χ1n) is 9.86. The second-order valence-corrected chi connectivity index (χ2v) is 9.89. The van der Waals surface area contributed by atoms with Crippen LogP contribution in [0.3, 0.4) is 0 Å². The summed E-state index contributed by atoms with van der Waals surface area (Å²) in [5.41, 5.74) is 0.366. The molecule has 0 unspecified atom stereocenters. The quantitative estimate of drug-likeness (QED) is 0.531. The number of rotatable bonds is 8. The van der Waals surface area contributed by atoms with Crippen molar-refractivity contribution in [2.75, 3.05) is 13.2 Å². The van der Waals surface area contributed by atoms with Crippen molar-refractivity contribution in [3.63, 3.8) is 0 Å². The van der Waals surface area contributed by atoms with Gasteiger partial charge >= 0.3 is 0 Å². The highest BCUT2D eigenvalue weighted by Gasteiger charge is 2.33. The summed E-state index contributed by atoms with van der Waals surface area (Å²) < 4.78 is 33.6. The minimum Gasteiger partial charge on any atom is -0.394 e. The molecule has 1 saturated heterocycles. The van der Waals surface area contributed by atoms with Crippen molar-refractivity contribution in [1.29, 1.82) is 0 Å².